The van der Waals surface area contributed by atoms with Crippen molar-refractivity contribution in [3.63, 3.8) is 0 Å². The van der Waals surface area contributed by atoms with Gasteiger partial charge >= 0.3 is 0 Å². The molecule has 156 valence electrons. The Morgan fingerprint density at radius 2 is 1.69 bits per heavy atom. The van der Waals surface area contributed by atoms with E-state index in [1.54, 1.807) is 33.3 Å². The van der Waals surface area contributed by atoms with Crippen LogP contribution in [0.4, 0.5) is 17.1 Å². The maximum absolute atomic E-state index is 12.6. The van der Waals surface area contributed by atoms with Crippen LogP contribution >= 0.6 is 11.6 Å². The van der Waals surface area contributed by atoms with E-state index in [2.05, 4.69) is 27.7 Å². The molecule has 1 saturated heterocycles. The molecule has 3 rings (SSSR count). The van der Waals surface area contributed by atoms with Gasteiger partial charge in [0.2, 0.25) is 5.91 Å². The molecule has 1 aliphatic heterocycles. The van der Waals surface area contributed by atoms with Crippen LogP contribution in [-0.4, -0.2) is 39.3 Å². The summed E-state index contributed by atoms with van der Waals surface area (Å²) in [5.41, 5.74) is 2.59. The molecule has 29 heavy (non-hydrogen) atoms. The van der Waals surface area contributed by atoms with Crippen molar-refractivity contribution in [1.82, 2.24) is 0 Å². The lowest BCUT2D eigenvalue weighted by molar-refractivity contribution is -0.116. The van der Waals surface area contributed by atoms with Gasteiger partial charge in [0.05, 0.1) is 24.9 Å². The Morgan fingerprint density at radius 1 is 1.03 bits per heavy atom. The summed E-state index contributed by atoms with van der Waals surface area (Å²) in [6.45, 7) is 3.98. The van der Waals surface area contributed by atoms with Crippen LogP contribution in [-0.2, 0) is 4.79 Å². The minimum atomic E-state index is -0.491. The molecule has 6 nitrogen and oxygen atoms in total. The molecular formula is C22H28ClN3O3. The molecule has 0 aliphatic carbocycles. The van der Waals surface area contributed by atoms with Crippen molar-refractivity contribution in [2.24, 2.45) is 0 Å². The highest BCUT2D eigenvalue weighted by atomic mass is 35.5. The number of benzene rings is 2. The Bertz CT molecular complexity index is 836. The van der Waals surface area contributed by atoms with E-state index in [0.29, 0.717) is 22.2 Å². The summed E-state index contributed by atoms with van der Waals surface area (Å²) in [5, 5.41) is 6.54. The van der Waals surface area contributed by atoms with E-state index in [4.69, 9.17) is 21.1 Å². The van der Waals surface area contributed by atoms with E-state index < -0.39 is 6.04 Å². The second-order valence-corrected chi connectivity index (χ2v) is 7.54. The molecule has 1 atom stereocenters. The van der Waals surface area contributed by atoms with Gasteiger partial charge in [-0.15, -0.1) is 0 Å². The van der Waals surface area contributed by atoms with Crippen molar-refractivity contribution >= 4 is 34.6 Å². The van der Waals surface area contributed by atoms with E-state index in [0.717, 1.165) is 18.8 Å². The minimum Gasteiger partial charge on any atom is -0.495 e. The fraction of sp³-hybridized carbons (Fsp3) is 0.409. The Kier molecular flexibility index (Phi) is 7.09. The molecule has 7 heteroatoms. The summed E-state index contributed by atoms with van der Waals surface area (Å²) < 4.78 is 10.6. The van der Waals surface area contributed by atoms with Crippen LogP contribution in [0.1, 0.15) is 26.2 Å². The van der Waals surface area contributed by atoms with E-state index in [1.807, 2.05) is 12.1 Å². The quantitative estimate of drug-likeness (QED) is 0.678. The summed E-state index contributed by atoms with van der Waals surface area (Å²) in [6, 6.07) is 10.9. The van der Waals surface area contributed by atoms with Gasteiger partial charge in [-0.05, 0) is 56.5 Å². The number of carbonyl (C=O) groups is 1. The molecule has 0 radical (unpaired) electrons. The molecule has 0 bridgehead atoms. The van der Waals surface area contributed by atoms with Crippen LogP contribution < -0.4 is 25.0 Å². The van der Waals surface area contributed by atoms with Crippen LogP contribution in [0.2, 0.25) is 5.02 Å². The monoisotopic (exact) mass is 417 g/mol. The van der Waals surface area contributed by atoms with Gasteiger partial charge in [0.1, 0.15) is 17.5 Å². The number of anilines is 3. The first kappa shape index (κ1) is 21.1. The molecule has 1 amide bonds. The Balaban J connectivity index is 1.62. The van der Waals surface area contributed by atoms with Crippen molar-refractivity contribution in [2.45, 2.75) is 32.2 Å². The highest BCUT2D eigenvalue weighted by Crippen LogP contribution is 2.36. The average molecular weight is 418 g/mol. The van der Waals surface area contributed by atoms with Crippen LogP contribution in [0.25, 0.3) is 0 Å². The second kappa shape index (κ2) is 9.74. The van der Waals surface area contributed by atoms with Crippen molar-refractivity contribution < 1.29 is 14.3 Å². The predicted molar refractivity (Wildman–Crippen MR) is 119 cm³/mol. The number of hydrogen-bond acceptors (Lipinski definition) is 5. The SMILES string of the molecule is COc1cc(OC)c(N[C@H](C)C(=O)Nc2ccc(N3CCCCC3)cc2)cc1Cl. The summed E-state index contributed by atoms with van der Waals surface area (Å²) in [4.78, 5) is 15.0. The molecule has 1 heterocycles. The van der Waals surface area contributed by atoms with E-state index >= 15 is 0 Å². The van der Waals surface area contributed by atoms with Crippen molar-refractivity contribution in [2.75, 3.05) is 42.8 Å². The number of nitrogens with one attached hydrogen (secondary N) is 2. The number of ether oxygens (including phenoxy) is 2. The standard InChI is InChI=1S/C22H28ClN3O3/c1-15(24-19-13-18(23)20(28-2)14-21(19)29-3)22(27)25-16-7-9-17(10-8-16)26-11-5-4-6-12-26/h7-10,13-15,24H,4-6,11-12H2,1-3H3,(H,25,27)/t15-/m1/s1. The highest BCUT2D eigenvalue weighted by Gasteiger charge is 2.17. The first-order valence-corrected chi connectivity index (χ1v) is 10.2. The fourth-order valence-electron chi connectivity index (χ4n) is 3.43. The topological polar surface area (TPSA) is 62.8 Å². The van der Waals surface area contributed by atoms with E-state index in [9.17, 15) is 4.79 Å². The van der Waals surface area contributed by atoms with Crippen LogP contribution in [0.3, 0.4) is 0 Å². The predicted octanol–water partition coefficient (Wildman–Crippen LogP) is 4.79. The molecule has 1 fully saturated rings. The number of amides is 1. The Morgan fingerprint density at radius 3 is 2.31 bits per heavy atom. The van der Waals surface area contributed by atoms with Gasteiger partial charge in [-0.2, -0.15) is 0 Å². The van der Waals surface area contributed by atoms with Gasteiger partial charge in [0.25, 0.3) is 0 Å². The maximum atomic E-state index is 12.6. The molecule has 0 unspecified atom stereocenters. The highest BCUT2D eigenvalue weighted by molar-refractivity contribution is 6.32. The number of halogens is 1. The lowest BCUT2D eigenvalue weighted by Crippen LogP contribution is -2.32. The zero-order valence-electron chi connectivity index (χ0n) is 17.1. The minimum absolute atomic E-state index is 0.148. The van der Waals surface area contributed by atoms with Gasteiger partial charge in [-0.25, -0.2) is 0 Å². The number of rotatable bonds is 7. The third kappa shape index (κ3) is 5.26. The smallest absolute Gasteiger partial charge is 0.246 e. The van der Waals surface area contributed by atoms with Crippen LogP contribution in [0.15, 0.2) is 36.4 Å². The maximum Gasteiger partial charge on any atom is 0.246 e. The Hall–Kier alpha value is -2.60. The molecule has 1 aliphatic rings. The molecule has 2 aromatic carbocycles. The van der Waals surface area contributed by atoms with Crippen molar-refractivity contribution in [3.8, 4) is 11.5 Å². The molecule has 0 aromatic heterocycles. The Labute approximate surface area is 177 Å². The average Bonchev–Trinajstić information content (AvgIpc) is 2.75. The number of nitrogens with zero attached hydrogens (tertiary/aromatic N) is 1. The molecule has 2 N–H and O–H groups in total. The summed E-state index contributed by atoms with van der Waals surface area (Å²) >= 11 is 6.21. The van der Waals surface area contributed by atoms with Gasteiger partial charge in [0.15, 0.2) is 0 Å². The van der Waals surface area contributed by atoms with Crippen LogP contribution in [0.5, 0.6) is 11.5 Å². The fourth-order valence-corrected chi connectivity index (χ4v) is 3.67. The molecular weight excluding hydrogens is 390 g/mol. The van der Waals surface area contributed by atoms with Gasteiger partial charge < -0.3 is 25.0 Å². The van der Waals surface area contributed by atoms with Crippen molar-refractivity contribution in [3.05, 3.63) is 41.4 Å². The van der Waals surface area contributed by atoms with Crippen LogP contribution in [0, 0.1) is 0 Å². The zero-order valence-corrected chi connectivity index (χ0v) is 17.9. The van der Waals surface area contributed by atoms with Gasteiger partial charge in [-0.1, -0.05) is 11.6 Å². The third-order valence-electron chi connectivity index (χ3n) is 5.10. The van der Waals surface area contributed by atoms with E-state index in [-0.39, 0.29) is 5.91 Å². The number of piperidine rings is 1. The third-order valence-corrected chi connectivity index (χ3v) is 5.39. The molecule has 0 spiro atoms. The number of hydrogen-bond donors (Lipinski definition) is 2. The van der Waals surface area contributed by atoms with E-state index in [1.165, 1.54) is 24.9 Å². The molecule has 0 saturated carbocycles. The summed E-state index contributed by atoms with van der Waals surface area (Å²) in [6.07, 6.45) is 3.78. The number of methoxy groups -OCH3 is 2. The number of carbonyl (C=O) groups excluding carboxylic acids is 1. The zero-order chi connectivity index (χ0) is 20.8. The first-order chi connectivity index (χ1) is 14.0. The summed E-state index contributed by atoms with van der Waals surface area (Å²) in [7, 11) is 3.10. The lowest BCUT2D eigenvalue weighted by Gasteiger charge is -2.28. The largest absolute Gasteiger partial charge is 0.495 e. The molecule has 2 aromatic rings. The normalized spacial score (nSPS) is 14.8. The lowest BCUT2D eigenvalue weighted by atomic mass is 10.1. The summed E-state index contributed by atoms with van der Waals surface area (Å²) in [5.74, 6) is 0.918. The second-order valence-electron chi connectivity index (χ2n) is 7.14. The van der Waals surface area contributed by atoms with Crippen molar-refractivity contribution in [1.29, 1.82) is 0 Å². The van der Waals surface area contributed by atoms with Gasteiger partial charge in [0, 0.05) is 30.5 Å². The van der Waals surface area contributed by atoms with Gasteiger partial charge in [-0.3, -0.25) is 4.79 Å². The first-order valence-electron chi connectivity index (χ1n) is 9.85.